The third-order valence-corrected chi connectivity index (χ3v) is 7.28. The maximum atomic E-state index is 5.97. The van der Waals surface area contributed by atoms with Crippen LogP contribution in [0.25, 0.3) is 22.3 Å². The first-order valence-electron chi connectivity index (χ1n) is 10.4. The van der Waals surface area contributed by atoms with Crippen molar-refractivity contribution in [1.82, 2.24) is 0 Å². The van der Waals surface area contributed by atoms with Crippen LogP contribution in [-0.2, 0) is 15.8 Å². The summed E-state index contributed by atoms with van der Waals surface area (Å²) in [6.07, 6.45) is 9.18. The van der Waals surface area contributed by atoms with E-state index in [2.05, 4.69) is 89.3 Å². The highest BCUT2D eigenvalue weighted by Gasteiger charge is 2.45. The topological polar surface area (TPSA) is 9.23 Å². The Kier molecular flexibility index (Phi) is 3.60. The monoisotopic (exact) mass is 378 g/mol. The molecule has 1 nitrogen and oxygen atoms in total. The smallest absolute Gasteiger partial charge is 0.169 e. The zero-order valence-electron chi connectivity index (χ0n) is 17.8. The zero-order valence-corrected chi connectivity index (χ0v) is 17.8. The van der Waals surface area contributed by atoms with Gasteiger partial charge in [-0.05, 0) is 72.7 Å². The SMILES string of the molecule is C#COC1(C)c2cc(C)ccc2-c2cc3c(cc21)-c1ccc(C)cc1C3(C)CC. The third kappa shape index (κ3) is 2.18. The summed E-state index contributed by atoms with van der Waals surface area (Å²) in [5.74, 6) is 0. The molecular formula is C28H26O. The van der Waals surface area contributed by atoms with Gasteiger partial charge >= 0.3 is 0 Å². The largest absolute Gasteiger partial charge is 0.431 e. The minimum absolute atomic E-state index is 0.0164. The Labute approximate surface area is 173 Å². The predicted molar refractivity (Wildman–Crippen MR) is 120 cm³/mol. The molecule has 2 unspecified atom stereocenters. The van der Waals surface area contributed by atoms with Gasteiger partial charge in [-0.15, -0.1) is 0 Å². The van der Waals surface area contributed by atoms with Crippen LogP contribution in [0.15, 0.2) is 48.5 Å². The van der Waals surface area contributed by atoms with Crippen LogP contribution in [0.3, 0.4) is 0 Å². The Hall–Kier alpha value is -2.98. The van der Waals surface area contributed by atoms with E-state index in [1.807, 2.05) is 0 Å². The first kappa shape index (κ1) is 18.1. The van der Waals surface area contributed by atoms with E-state index >= 15 is 0 Å². The van der Waals surface area contributed by atoms with E-state index in [4.69, 9.17) is 11.2 Å². The maximum Gasteiger partial charge on any atom is 0.169 e. The number of rotatable bonds is 2. The lowest BCUT2D eigenvalue weighted by atomic mass is 9.77. The van der Waals surface area contributed by atoms with E-state index in [1.54, 1.807) is 0 Å². The average molecular weight is 379 g/mol. The van der Waals surface area contributed by atoms with Gasteiger partial charge in [0.15, 0.2) is 5.60 Å². The van der Waals surface area contributed by atoms with Crippen LogP contribution in [0.1, 0.15) is 60.6 Å². The molecule has 0 spiro atoms. The molecular weight excluding hydrogens is 352 g/mol. The lowest BCUT2D eigenvalue weighted by molar-refractivity contribution is 0.102. The van der Waals surface area contributed by atoms with Gasteiger partial charge in [0.2, 0.25) is 0 Å². The molecule has 1 heteroatoms. The summed E-state index contributed by atoms with van der Waals surface area (Å²) in [5.41, 5.74) is 12.2. The molecule has 2 aliphatic rings. The quantitative estimate of drug-likeness (QED) is 0.443. The highest BCUT2D eigenvalue weighted by Crippen LogP contribution is 2.57. The molecule has 0 bridgehead atoms. The number of hydrogen-bond acceptors (Lipinski definition) is 1. The van der Waals surface area contributed by atoms with E-state index in [9.17, 15) is 0 Å². The maximum absolute atomic E-state index is 5.97. The summed E-state index contributed by atoms with van der Waals surface area (Å²) in [7, 11) is 0. The van der Waals surface area contributed by atoms with Gasteiger partial charge in [-0.1, -0.05) is 67.8 Å². The van der Waals surface area contributed by atoms with Crippen molar-refractivity contribution >= 4 is 0 Å². The van der Waals surface area contributed by atoms with Crippen molar-refractivity contribution in [3.63, 3.8) is 0 Å². The molecule has 144 valence electrons. The second kappa shape index (κ2) is 5.77. The Morgan fingerprint density at radius 1 is 0.759 bits per heavy atom. The van der Waals surface area contributed by atoms with Crippen molar-refractivity contribution in [2.24, 2.45) is 0 Å². The molecule has 3 aromatic carbocycles. The summed E-state index contributed by atoms with van der Waals surface area (Å²) in [4.78, 5) is 0. The molecule has 0 heterocycles. The minimum atomic E-state index is -0.628. The van der Waals surface area contributed by atoms with Crippen molar-refractivity contribution < 1.29 is 4.74 Å². The Balaban J connectivity index is 1.86. The van der Waals surface area contributed by atoms with Crippen molar-refractivity contribution in [3.8, 4) is 34.8 Å². The minimum Gasteiger partial charge on any atom is -0.431 e. The van der Waals surface area contributed by atoms with Crippen LogP contribution in [0, 0.1) is 26.4 Å². The van der Waals surface area contributed by atoms with E-state index in [1.165, 1.54) is 50.1 Å². The van der Waals surface area contributed by atoms with Crippen LogP contribution in [0.2, 0.25) is 0 Å². The fourth-order valence-corrected chi connectivity index (χ4v) is 5.43. The van der Waals surface area contributed by atoms with Crippen molar-refractivity contribution in [1.29, 1.82) is 0 Å². The normalized spacial score (nSPS) is 23.0. The van der Waals surface area contributed by atoms with Gasteiger partial charge in [-0.25, -0.2) is 0 Å². The molecule has 0 amide bonds. The molecule has 29 heavy (non-hydrogen) atoms. The Morgan fingerprint density at radius 3 is 1.86 bits per heavy atom. The van der Waals surface area contributed by atoms with Gasteiger partial charge in [-0.2, -0.15) is 0 Å². The van der Waals surface area contributed by atoms with E-state index in [0.29, 0.717) is 0 Å². The van der Waals surface area contributed by atoms with E-state index in [-0.39, 0.29) is 5.41 Å². The summed E-state index contributed by atoms with van der Waals surface area (Å²) < 4.78 is 5.97. The van der Waals surface area contributed by atoms with Gasteiger partial charge in [-0.3, -0.25) is 0 Å². The van der Waals surface area contributed by atoms with Crippen molar-refractivity contribution in [2.75, 3.05) is 0 Å². The first-order valence-corrected chi connectivity index (χ1v) is 10.4. The lowest BCUT2D eigenvalue weighted by Crippen LogP contribution is -2.23. The summed E-state index contributed by atoms with van der Waals surface area (Å²) in [6, 6.07) is 18.2. The van der Waals surface area contributed by atoms with Crippen LogP contribution in [0.4, 0.5) is 0 Å². The lowest BCUT2D eigenvalue weighted by Gasteiger charge is -2.27. The van der Waals surface area contributed by atoms with E-state index in [0.717, 1.165) is 12.0 Å². The number of fused-ring (bicyclic) bond motifs is 6. The van der Waals surface area contributed by atoms with Crippen LogP contribution in [-0.4, -0.2) is 0 Å². The number of hydrogen-bond donors (Lipinski definition) is 0. The van der Waals surface area contributed by atoms with Crippen LogP contribution in [0.5, 0.6) is 0 Å². The van der Waals surface area contributed by atoms with E-state index < -0.39 is 5.60 Å². The Bertz CT molecular complexity index is 1230. The molecule has 0 saturated carbocycles. The molecule has 0 aliphatic heterocycles. The molecule has 0 radical (unpaired) electrons. The summed E-state index contributed by atoms with van der Waals surface area (Å²) in [6.45, 7) is 11.1. The van der Waals surface area contributed by atoms with Crippen molar-refractivity contribution in [3.05, 3.63) is 81.9 Å². The zero-order chi connectivity index (χ0) is 20.6. The molecule has 0 aromatic heterocycles. The molecule has 0 N–H and O–H groups in total. The summed E-state index contributed by atoms with van der Waals surface area (Å²) in [5, 5.41) is 0. The molecule has 0 saturated heterocycles. The molecule has 0 fully saturated rings. The molecule has 2 atom stereocenters. The van der Waals surface area contributed by atoms with Gasteiger partial charge in [0.25, 0.3) is 0 Å². The molecule has 5 rings (SSSR count). The van der Waals surface area contributed by atoms with Gasteiger partial charge < -0.3 is 4.74 Å². The fraction of sp³-hybridized carbons (Fsp3) is 0.286. The molecule has 3 aromatic rings. The van der Waals surface area contributed by atoms with Crippen LogP contribution < -0.4 is 0 Å². The van der Waals surface area contributed by atoms with Gasteiger partial charge in [0.05, 0.1) is 0 Å². The number of ether oxygens (including phenoxy) is 1. The summed E-state index contributed by atoms with van der Waals surface area (Å²) >= 11 is 0. The standard InChI is InChI=1S/C28H26O/c1-7-27(5)23-13-17(3)9-11-19(23)21-16-26-22(15-24(21)27)20-12-10-18(4)14-25(20)28(26,6)29-8-2/h2,9-16H,7H2,1,3-6H3. The first-order chi connectivity index (χ1) is 13.8. The average Bonchev–Trinajstić information content (AvgIpc) is 3.08. The van der Waals surface area contributed by atoms with Gasteiger partial charge in [0.1, 0.15) is 6.11 Å². The van der Waals surface area contributed by atoms with Crippen LogP contribution >= 0.6 is 0 Å². The second-order valence-electron chi connectivity index (χ2n) is 8.98. The Morgan fingerprint density at radius 2 is 1.24 bits per heavy atom. The second-order valence-corrected chi connectivity index (χ2v) is 8.98. The predicted octanol–water partition coefficient (Wildman–Crippen LogP) is 6.85. The number of benzene rings is 3. The molecule has 2 aliphatic carbocycles. The van der Waals surface area contributed by atoms with Crippen molar-refractivity contribution in [2.45, 2.75) is 52.1 Å². The van der Waals surface area contributed by atoms with Gasteiger partial charge in [0, 0.05) is 16.5 Å². The number of terminal acetylenes is 1. The third-order valence-electron chi connectivity index (χ3n) is 7.28. The highest BCUT2D eigenvalue weighted by molar-refractivity contribution is 5.89. The number of aryl methyl sites for hydroxylation is 2. The fourth-order valence-electron chi connectivity index (χ4n) is 5.43. The highest BCUT2D eigenvalue weighted by atomic mass is 16.5.